The van der Waals surface area contributed by atoms with Crippen molar-refractivity contribution in [1.29, 1.82) is 0 Å². The van der Waals surface area contributed by atoms with Crippen LogP contribution in [0.1, 0.15) is 35.2 Å². The highest BCUT2D eigenvalue weighted by Gasteiger charge is 2.13. The van der Waals surface area contributed by atoms with Gasteiger partial charge in [0.25, 0.3) is 11.5 Å². The predicted molar refractivity (Wildman–Crippen MR) is 115 cm³/mol. The van der Waals surface area contributed by atoms with Crippen molar-refractivity contribution in [3.8, 4) is 0 Å². The molecule has 0 fully saturated rings. The number of carbonyl (C=O) groups excluding carboxylic acids is 1. The summed E-state index contributed by atoms with van der Waals surface area (Å²) in [5.74, 6) is 0.0772. The summed E-state index contributed by atoms with van der Waals surface area (Å²) in [7, 11) is 0. The molecule has 0 aliphatic rings. The van der Waals surface area contributed by atoms with Crippen LogP contribution in [0.5, 0.6) is 0 Å². The van der Waals surface area contributed by atoms with Crippen LogP contribution in [-0.2, 0) is 6.54 Å². The van der Waals surface area contributed by atoms with Gasteiger partial charge in [-0.1, -0.05) is 43.3 Å². The van der Waals surface area contributed by atoms with Crippen molar-refractivity contribution < 1.29 is 4.79 Å². The largest absolute Gasteiger partial charge is 0.351 e. The van der Waals surface area contributed by atoms with Gasteiger partial charge in [0.1, 0.15) is 0 Å². The van der Waals surface area contributed by atoms with Crippen LogP contribution in [0.15, 0.2) is 66.0 Å². The lowest BCUT2D eigenvalue weighted by Crippen LogP contribution is -2.28. The smallest absolute Gasteiger partial charge is 0.262 e. The van der Waals surface area contributed by atoms with Gasteiger partial charge in [0.2, 0.25) is 0 Å². The lowest BCUT2D eigenvalue weighted by Gasteiger charge is -2.16. The third kappa shape index (κ3) is 4.12. The van der Waals surface area contributed by atoms with Gasteiger partial charge in [-0.15, -0.1) is 6.58 Å². The van der Waals surface area contributed by atoms with Crippen molar-refractivity contribution in [3.05, 3.63) is 87.4 Å². The number of benzene rings is 2. The Morgan fingerprint density at radius 3 is 2.71 bits per heavy atom. The summed E-state index contributed by atoms with van der Waals surface area (Å²) >= 11 is 5.26. The van der Waals surface area contributed by atoms with Crippen LogP contribution in [0.3, 0.4) is 0 Å². The SMILES string of the molecule is C=CCn1c(=S)[nH]c2cc(C(=O)NCC(CC)c3ccccc3)ccc2c1=O. The molecule has 1 aromatic heterocycles. The molecule has 0 aliphatic carbocycles. The Labute approximate surface area is 168 Å². The summed E-state index contributed by atoms with van der Waals surface area (Å²) in [5.41, 5.74) is 2.05. The molecule has 0 radical (unpaired) electrons. The Hall–Kier alpha value is -2.99. The lowest BCUT2D eigenvalue weighted by molar-refractivity contribution is 0.0951. The summed E-state index contributed by atoms with van der Waals surface area (Å²) in [4.78, 5) is 28.2. The Morgan fingerprint density at radius 1 is 1.29 bits per heavy atom. The maximum absolute atomic E-state index is 12.6. The van der Waals surface area contributed by atoms with E-state index in [0.29, 0.717) is 34.3 Å². The van der Waals surface area contributed by atoms with Crippen LogP contribution in [0.4, 0.5) is 0 Å². The van der Waals surface area contributed by atoms with Crippen molar-refractivity contribution in [2.24, 2.45) is 0 Å². The molecule has 3 aromatic rings. The molecule has 5 nitrogen and oxygen atoms in total. The number of H-pyrrole nitrogens is 1. The van der Waals surface area contributed by atoms with E-state index < -0.39 is 0 Å². The van der Waals surface area contributed by atoms with Crippen LogP contribution in [0.25, 0.3) is 10.9 Å². The highest BCUT2D eigenvalue weighted by molar-refractivity contribution is 7.71. The number of aromatic nitrogens is 2. The molecule has 0 spiro atoms. The van der Waals surface area contributed by atoms with Crippen LogP contribution in [0, 0.1) is 4.77 Å². The van der Waals surface area contributed by atoms with Gasteiger partial charge >= 0.3 is 0 Å². The molecule has 2 N–H and O–H groups in total. The molecule has 3 rings (SSSR count). The second-order valence-electron chi connectivity index (χ2n) is 6.62. The zero-order valence-corrected chi connectivity index (χ0v) is 16.6. The minimum atomic E-state index is -0.194. The first kappa shape index (κ1) is 19.8. The molecule has 1 amide bonds. The topological polar surface area (TPSA) is 66.9 Å². The molecule has 1 heterocycles. The Balaban J connectivity index is 1.82. The fourth-order valence-corrected chi connectivity index (χ4v) is 3.50. The van der Waals surface area contributed by atoms with Crippen molar-refractivity contribution in [2.45, 2.75) is 25.8 Å². The van der Waals surface area contributed by atoms with E-state index in [-0.39, 0.29) is 17.4 Å². The first-order chi connectivity index (χ1) is 13.5. The first-order valence-corrected chi connectivity index (χ1v) is 9.67. The summed E-state index contributed by atoms with van der Waals surface area (Å²) in [6.07, 6.45) is 2.55. The van der Waals surface area contributed by atoms with E-state index in [9.17, 15) is 9.59 Å². The standard InChI is InChI=1S/C22H23N3O2S/c1-3-12-25-21(27)18-11-10-17(13-19(18)24-22(25)28)20(26)23-14-15(4-2)16-8-6-5-7-9-16/h3,5-11,13,15H,1,4,12,14H2,2H3,(H,23,26)(H,24,28). The first-order valence-electron chi connectivity index (χ1n) is 9.26. The molecule has 0 bridgehead atoms. The van der Waals surface area contributed by atoms with E-state index in [0.717, 1.165) is 6.42 Å². The lowest BCUT2D eigenvalue weighted by atomic mass is 9.96. The summed E-state index contributed by atoms with van der Waals surface area (Å²) in [6.45, 7) is 6.64. The minimum absolute atomic E-state index is 0.175. The van der Waals surface area contributed by atoms with Gasteiger partial charge in [0, 0.05) is 24.6 Å². The molecule has 0 saturated carbocycles. The van der Waals surface area contributed by atoms with Crippen molar-refractivity contribution in [3.63, 3.8) is 0 Å². The number of nitrogens with zero attached hydrogens (tertiary/aromatic N) is 1. The molecular formula is C22H23N3O2S. The Morgan fingerprint density at radius 2 is 2.04 bits per heavy atom. The molecule has 2 aromatic carbocycles. The molecular weight excluding hydrogens is 370 g/mol. The van der Waals surface area contributed by atoms with Gasteiger partial charge in [-0.25, -0.2) is 0 Å². The molecule has 6 heteroatoms. The number of nitrogens with one attached hydrogen (secondary N) is 2. The number of aromatic amines is 1. The van der Waals surface area contributed by atoms with E-state index >= 15 is 0 Å². The number of carbonyl (C=O) groups is 1. The maximum atomic E-state index is 12.6. The van der Waals surface area contributed by atoms with Crippen LogP contribution < -0.4 is 10.9 Å². The number of hydrogen-bond donors (Lipinski definition) is 2. The zero-order valence-electron chi connectivity index (χ0n) is 15.8. The minimum Gasteiger partial charge on any atom is -0.351 e. The molecule has 0 aliphatic heterocycles. The zero-order chi connectivity index (χ0) is 20.1. The van der Waals surface area contributed by atoms with Crippen LogP contribution in [-0.4, -0.2) is 22.0 Å². The number of rotatable bonds is 7. The molecule has 1 unspecified atom stereocenters. The fourth-order valence-electron chi connectivity index (χ4n) is 3.23. The predicted octanol–water partition coefficient (Wildman–Crippen LogP) is 4.17. The third-order valence-electron chi connectivity index (χ3n) is 4.83. The van der Waals surface area contributed by atoms with Gasteiger partial charge < -0.3 is 10.3 Å². The van der Waals surface area contributed by atoms with Gasteiger partial charge in [-0.2, -0.15) is 0 Å². The number of allylic oxidation sites excluding steroid dienone is 1. The Kier molecular flexibility index (Phi) is 6.21. The molecule has 1 atom stereocenters. The highest BCUT2D eigenvalue weighted by Crippen LogP contribution is 2.18. The normalized spacial score (nSPS) is 11.9. The van der Waals surface area contributed by atoms with Crippen LogP contribution in [0.2, 0.25) is 0 Å². The van der Waals surface area contributed by atoms with E-state index in [1.54, 1.807) is 24.3 Å². The van der Waals surface area contributed by atoms with Crippen molar-refractivity contribution >= 4 is 29.0 Å². The number of amides is 1. The van der Waals surface area contributed by atoms with Crippen molar-refractivity contribution in [1.82, 2.24) is 14.9 Å². The fraction of sp³-hybridized carbons (Fsp3) is 0.227. The average Bonchev–Trinajstić information content (AvgIpc) is 2.71. The van der Waals surface area contributed by atoms with Gasteiger partial charge in [0.05, 0.1) is 10.9 Å². The monoisotopic (exact) mass is 393 g/mol. The van der Waals surface area contributed by atoms with E-state index in [4.69, 9.17) is 12.2 Å². The van der Waals surface area contributed by atoms with Crippen molar-refractivity contribution in [2.75, 3.05) is 6.54 Å². The Bertz CT molecular complexity index is 1120. The average molecular weight is 394 g/mol. The number of hydrogen-bond acceptors (Lipinski definition) is 3. The summed E-state index contributed by atoms with van der Waals surface area (Å²) < 4.78 is 1.75. The molecule has 0 saturated heterocycles. The van der Waals surface area contributed by atoms with E-state index in [2.05, 4.69) is 35.9 Å². The highest BCUT2D eigenvalue weighted by atomic mass is 32.1. The van der Waals surface area contributed by atoms with E-state index in [1.165, 1.54) is 10.1 Å². The van der Waals surface area contributed by atoms with E-state index in [1.807, 2.05) is 18.2 Å². The summed E-state index contributed by atoms with van der Waals surface area (Å²) in [6, 6.07) is 15.1. The maximum Gasteiger partial charge on any atom is 0.262 e. The number of fused-ring (bicyclic) bond motifs is 1. The third-order valence-corrected chi connectivity index (χ3v) is 5.15. The quantitative estimate of drug-likeness (QED) is 0.468. The second-order valence-corrected chi connectivity index (χ2v) is 7.01. The van der Waals surface area contributed by atoms with Crippen LogP contribution >= 0.6 is 12.2 Å². The molecule has 144 valence electrons. The summed E-state index contributed by atoms with van der Waals surface area (Å²) in [5, 5.41) is 3.49. The molecule has 28 heavy (non-hydrogen) atoms. The van der Waals surface area contributed by atoms with Gasteiger partial charge in [0.15, 0.2) is 4.77 Å². The van der Waals surface area contributed by atoms with Gasteiger partial charge in [-0.3, -0.25) is 14.2 Å². The second kappa shape index (κ2) is 8.80. The van der Waals surface area contributed by atoms with Gasteiger partial charge in [-0.05, 0) is 42.4 Å².